The molecule has 0 aliphatic carbocycles. The molecule has 0 unspecified atom stereocenters. The number of rotatable bonds is 7. The van der Waals surface area contributed by atoms with Gasteiger partial charge in [-0.1, -0.05) is 70.9 Å². The number of anilines is 4. The van der Waals surface area contributed by atoms with Crippen molar-refractivity contribution < 1.29 is 14.3 Å². The van der Waals surface area contributed by atoms with Gasteiger partial charge in [-0.05, 0) is 279 Å². The molecule has 10 heterocycles. The number of aromatic nitrogens is 9. The van der Waals surface area contributed by atoms with Gasteiger partial charge in [0.05, 0.1) is 18.2 Å². The lowest BCUT2D eigenvalue weighted by molar-refractivity contribution is 0.101. The number of halogens is 5. The van der Waals surface area contributed by atoms with E-state index < -0.39 is 0 Å². The third-order valence-electron chi connectivity index (χ3n) is 18.3. The van der Waals surface area contributed by atoms with Crippen LogP contribution in [0, 0.1) is 11.3 Å². The molecule has 116 heavy (non-hydrogen) atoms. The van der Waals surface area contributed by atoms with Crippen molar-refractivity contribution in [2.75, 3.05) is 35.7 Å². The number of nitrogen functional groups attached to an aromatic ring is 3. The fourth-order valence-corrected chi connectivity index (χ4v) is 12.9. The van der Waals surface area contributed by atoms with E-state index in [0.717, 1.165) is 124 Å². The van der Waals surface area contributed by atoms with Crippen LogP contribution in [-0.4, -0.2) is 63.8 Å². The predicted molar refractivity (Wildman–Crippen MR) is 497 cm³/mol. The van der Waals surface area contributed by atoms with Crippen molar-refractivity contribution in [2.24, 2.45) is 0 Å². The summed E-state index contributed by atoms with van der Waals surface area (Å²) in [4.78, 5) is 39.0. The molecule has 0 saturated carbocycles. The molecule has 16 N–H and O–H groups in total. The summed E-state index contributed by atoms with van der Waals surface area (Å²) >= 11 is 9.16. The first-order valence-electron chi connectivity index (χ1n) is 37.0. The molecule has 20 aromatic rings. The van der Waals surface area contributed by atoms with Crippen LogP contribution in [0.3, 0.4) is 0 Å². The Morgan fingerprint density at radius 1 is 0.405 bits per heavy atom. The molecular weight excluding hydrogens is 1590 g/mol. The fraction of sp³-hybridized carbons (Fsp3) is 0.0851. The van der Waals surface area contributed by atoms with Crippen molar-refractivity contribution in [3.8, 4) is 17.6 Å². The van der Waals surface area contributed by atoms with Crippen molar-refractivity contribution in [3.05, 3.63) is 360 Å². The van der Waals surface area contributed by atoms with Crippen LogP contribution in [0.5, 0.6) is 11.5 Å². The molecule has 590 valence electrons. The van der Waals surface area contributed by atoms with E-state index in [1.54, 1.807) is 13.0 Å². The second-order valence-corrected chi connectivity index (χ2v) is 27.7. The molecule has 0 radical (unpaired) electrons. The zero-order chi connectivity index (χ0) is 78.7. The Bertz CT molecular complexity index is 6150. The number of hydrogen-bond donors (Lipinski definition) is 13. The smallest absolute Gasteiger partial charge is 0.159 e. The van der Waals surface area contributed by atoms with E-state index in [1.165, 1.54) is 65.7 Å². The van der Waals surface area contributed by atoms with Gasteiger partial charge in [0.25, 0.3) is 0 Å². The largest absolute Gasteiger partial charge is 0.494 e. The van der Waals surface area contributed by atoms with E-state index in [0.29, 0.717) is 12.2 Å². The number of fused-ring (bicyclic) bond motifs is 10. The van der Waals surface area contributed by atoms with Crippen molar-refractivity contribution in [2.45, 2.75) is 40.2 Å². The Kier molecular flexibility index (Phi) is 32.8. The normalized spacial score (nSPS) is 10.5. The number of hydrogen-bond acceptors (Lipinski definition) is 8. The number of ketones is 1. The van der Waals surface area contributed by atoms with E-state index in [-0.39, 0.29) is 43.0 Å². The van der Waals surface area contributed by atoms with Crippen molar-refractivity contribution in [3.63, 3.8) is 0 Å². The average Bonchev–Trinajstić information content (AvgIpc) is 1.72. The molecule has 1 aliphatic heterocycles. The Labute approximate surface area is 704 Å². The molecule has 17 nitrogen and oxygen atoms in total. The van der Waals surface area contributed by atoms with Crippen molar-refractivity contribution >= 4 is 191 Å². The van der Waals surface area contributed by atoms with Crippen LogP contribution in [0.4, 0.5) is 22.7 Å². The summed E-state index contributed by atoms with van der Waals surface area (Å²) in [6.07, 6.45) is 19.5. The van der Waals surface area contributed by atoms with Gasteiger partial charge in [-0.3, -0.25) is 4.79 Å². The number of aryl methyl sites for hydroxylation is 1. The third-order valence-corrected chi connectivity index (χ3v) is 19.0. The van der Waals surface area contributed by atoms with Crippen LogP contribution in [0.1, 0.15) is 53.4 Å². The van der Waals surface area contributed by atoms with Crippen LogP contribution < -0.4 is 32.0 Å². The topological polar surface area (TPSA) is 292 Å². The van der Waals surface area contributed by atoms with Gasteiger partial charge in [0, 0.05) is 193 Å². The van der Waals surface area contributed by atoms with Gasteiger partial charge in [-0.25, -0.2) is 0 Å². The number of H-pyrrole nitrogens is 9. The maximum atomic E-state index is 11.0. The summed E-state index contributed by atoms with van der Waals surface area (Å²) in [5.41, 5.74) is 36.1. The quantitative estimate of drug-likeness (QED) is 0.0537. The number of aromatic amines is 9. The van der Waals surface area contributed by atoms with E-state index in [1.807, 2.05) is 263 Å². The first kappa shape index (κ1) is 86.9. The second kappa shape index (κ2) is 43.8. The number of carbonyl (C=O) groups is 1. The molecule has 21 rings (SSSR count). The first-order valence-corrected chi connectivity index (χ1v) is 38.1. The number of nitrogens with zero attached hydrogens (tertiary/aromatic N) is 1. The van der Waals surface area contributed by atoms with Gasteiger partial charge >= 0.3 is 0 Å². The predicted octanol–water partition coefficient (Wildman–Crippen LogP) is 25.2. The van der Waals surface area contributed by atoms with Crippen molar-refractivity contribution in [1.29, 1.82) is 5.26 Å². The molecule has 0 fully saturated rings. The number of nitrogens with one attached hydrogen (secondary N) is 10. The molecule has 11 aromatic carbocycles. The van der Waals surface area contributed by atoms with Gasteiger partial charge in [0.1, 0.15) is 18.1 Å². The van der Waals surface area contributed by atoms with Crippen LogP contribution in [0.15, 0.2) is 327 Å². The van der Waals surface area contributed by atoms with Gasteiger partial charge in [0.15, 0.2) is 5.78 Å². The zero-order valence-electron chi connectivity index (χ0n) is 64.0. The van der Waals surface area contributed by atoms with Crippen LogP contribution >= 0.6 is 64.8 Å². The van der Waals surface area contributed by atoms with Gasteiger partial charge < -0.3 is 76.8 Å². The Morgan fingerprint density at radius 3 is 1.28 bits per heavy atom. The average molecular weight is 1690 g/mol. The number of benzene rings is 11. The van der Waals surface area contributed by atoms with Gasteiger partial charge in [0.2, 0.25) is 0 Å². The van der Waals surface area contributed by atoms with Crippen LogP contribution in [-0.2, 0) is 19.4 Å². The van der Waals surface area contributed by atoms with Crippen LogP contribution in [0.2, 0.25) is 5.02 Å². The molecule has 9 aromatic heterocycles. The second-order valence-electron chi connectivity index (χ2n) is 26.3. The number of nitriles is 1. The Balaban J connectivity index is 0.000000147. The zero-order valence-corrected chi connectivity index (χ0v) is 68.8. The standard InChI is InChI=1S/C15H13NO.C10H9NO.C10H11NO.C10H11N.C9H6N2.C8H6BrN.C8H6ClN.C8H10N2.2C8H8N2.3ClH/c1-2-4-12(5-3-1)11-17-14-6-7-15-13(10-14)8-9-16-15;1-7(12)8-2-3-10-9(6-8)4-5-11-10;1-2-12-9-3-4-10-8(7-9)5-6-11-10;1-2-8-3-4-10-9(7-8)5-6-11-10;10-6-7-1-2-9-8(5-7)3-4-11-9;5*9-7-1-2-8-6(5-7)3-4-10-8;;;/h1-10,16H,11H2;2-6,11H,1H3;3-7,11H,2H2,1H3;3-7,11H,2H2,1H3;1-5,11H;2*1-5,10H;1-2,5,10H,3-4,9H2;2*1-5,10H,9H2;3*1H. The van der Waals surface area contributed by atoms with E-state index in [9.17, 15) is 4.79 Å². The number of Topliss-reactive ketones (excluding diaryl/α,β-unsaturated/α-hetero) is 1. The lowest BCUT2D eigenvalue weighted by Crippen LogP contribution is -1.94. The summed E-state index contributed by atoms with van der Waals surface area (Å²) in [6.45, 7) is 8.12. The van der Waals surface area contributed by atoms with Crippen molar-refractivity contribution in [1.82, 2.24) is 44.9 Å². The maximum absolute atomic E-state index is 11.0. The molecule has 0 amide bonds. The number of ether oxygens (including phenoxy) is 2. The summed E-state index contributed by atoms with van der Waals surface area (Å²) in [5, 5.41) is 23.2. The molecule has 0 atom stereocenters. The first-order chi connectivity index (χ1) is 55.2. The van der Waals surface area contributed by atoms with E-state index in [2.05, 4.69) is 140 Å². The van der Waals surface area contributed by atoms with Crippen LogP contribution in [0.25, 0.3) is 98.1 Å². The molecule has 0 saturated heterocycles. The SMILES string of the molecule is Brc1ccc2[nH]ccc2c1.CC(=O)c1ccc2[nH]ccc2c1.CCOc1ccc2[nH]ccc2c1.CCc1ccc2[nH]ccc2c1.Cl.Cl.Cl.Clc1ccc2[nH]ccc2c1.N#Cc1ccc2[nH]ccc2c1.Nc1ccc2[nH]ccc2c1.Nc1ccc2[nH]ccc2c1.Nc1ccc2c(c1)CCN2.c1ccc(COc2ccc3[nH]ccc3c2)cc1. The highest BCUT2D eigenvalue weighted by Gasteiger charge is 2.09. The van der Waals surface area contributed by atoms with E-state index in [4.69, 9.17) is 43.5 Å². The molecule has 22 heteroatoms. The maximum Gasteiger partial charge on any atom is 0.159 e. The van der Waals surface area contributed by atoms with E-state index >= 15 is 0 Å². The lowest BCUT2D eigenvalue weighted by atomic mass is 10.1. The summed E-state index contributed by atoms with van der Waals surface area (Å²) in [6, 6.07) is 89.9. The lowest BCUT2D eigenvalue weighted by Gasteiger charge is -2.06. The fourth-order valence-electron chi connectivity index (χ4n) is 12.4. The highest BCUT2D eigenvalue weighted by Crippen LogP contribution is 2.27. The summed E-state index contributed by atoms with van der Waals surface area (Å²) in [7, 11) is 0. The monoisotopic (exact) mass is 1680 g/mol. The highest BCUT2D eigenvalue weighted by atomic mass is 79.9. The molecule has 0 spiro atoms. The third kappa shape index (κ3) is 24.9. The molecular formula is C94H91BrCl4N14O3. The minimum Gasteiger partial charge on any atom is -0.494 e. The molecule has 1 aliphatic rings. The van der Waals surface area contributed by atoms with Gasteiger partial charge in [-0.15, -0.1) is 37.2 Å². The minimum atomic E-state index is 0. The van der Waals surface area contributed by atoms with Gasteiger partial charge in [-0.2, -0.15) is 5.26 Å². The Morgan fingerprint density at radius 2 is 0.793 bits per heavy atom. The summed E-state index contributed by atoms with van der Waals surface area (Å²) < 4.78 is 12.2. The number of carbonyl (C=O) groups excluding carboxylic acids is 1. The summed E-state index contributed by atoms with van der Waals surface area (Å²) in [5.74, 6) is 1.95. The molecule has 0 bridgehead atoms. The minimum absolute atomic E-state index is 0. The highest BCUT2D eigenvalue weighted by molar-refractivity contribution is 9.10. The Hall–Kier alpha value is -13.1. The number of nitrogens with two attached hydrogens (primary N) is 3.